The molecule has 0 bridgehead atoms. The molecular weight excluding hydrogens is 249 g/mol. The third-order valence-corrected chi connectivity index (χ3v) is 2.62. The molecule has 18 heavy (non-hydrogen) atoms. The molecule has 4 nitrogen and oxygen atoms in total. The van der Waals surface area contributed by atoms with Gasteiger partial charge in [0.05, 0.1) is 12.1 Å². The predicted molar refractivity (Wildman–Crippen MR) is 58.1 cm³/mol. The second-order valence-electron chi connectivity index (χ2n) is 3.90. The molecule has 1 saturated heterocycles. The van der Waals surface area contributed by atoms with E-state index in [9.17, 15) is 18.0 Å². The average Bonchev–Trinajstić information content (AvgIpc) is 2.70. The predicted octanol–water partition coefficient (Wildman–Crippen LogP) is 1.99. The Labute approximate surface area is 101 Å². The highest BCUT2D eigenvalue weighted by Crippen LogP contribution is 2.32. The molecule has 2 N–H and O–H groups in total. The first-order valence-electron chi connectivity index (χ1n) is 5.27. The van der Waals surface area contributed by atoms with Gasteiger partial charge in [0.1, 0.15) is 6.10 Å². The molecule has 1 fully saturated rings. The molecule has 0 radical (unpaired) electrons. The van der Waals surface area contributed by atoms with Crippen molar-refractivity contribution in [3.63, 3.8) is 0 Å². The van der Waals surface area contributed by atoms with Crippen LogP contribution >= 0.6 is 0 Å². The van der Waals surface area contributed by atoms with E-state index in [-0.39, 0.29) is 18.8 Å². The number of halogens is 3. The SMILES string of the molecule is NC[C@H]1CN(c2cccc(C(F)(F)F)c2)C(=O)O1. The van der Waals surface area contributed by atoms with Crippen LogP contribution < -0.4 is 10.6 Å². The van der Waals surface area contributed by atoms with Crippen molar-refractivity contribution in [2.45, 2.75) is 12.3 Å². The minimum Gasteiger partial charge on any atom is -0.443 e. The summed E-state index contributed by atoms with van der Waals surface area (Å²) in [6, 6.07) is 4.54. The van der Waals surface area contributed by atoms with Crippen LogP contribution in [0.4, 0.5) is 23.7 Å². The van der Waals surface area contributed by atoms with Crippen LogP contribution in [0.15, 0.2) is 24.3 Å². The van der Waals surface area contributed by atoms with E-state index in [1.165, 1.54) is 12.1 Å². The lowest BCUT2D eigenvalue weighted by Gasteiger charge is -2.15. The van der Waals surface area contributed by atoms with Gasteiger partial charge in [-0.1, -0.05) is 6.07 Å². The number of nitrogens with zero attached hydrogens (tertiary/aromatic N) is 1. The van der Waals surface area contributed by atoms with E-state index < -0.39 is 23.9 Å². The second kappa shape index (κ2) is 4.49. The molecule has 1 heterocycles. The highest BCUT2D eigenvalue weighted by Gasteiger charge is 2.34. The third kappa shape index (κ3) is 2.40. The van der Waals surface area contributed by atoms with Gasteiger partial charge in [0, 0.05) is 12.2 Å². The molecular formula is C11H11F3N2O2. The fraction of sp³-hybridized carbons (Fsp3) is 0.364. The van der Waals surface area contributed by atoms with Crippen molar-refractivity contribution in [1.82, 2.24) is 0 Å². The number of hydrogen-bond donors (Lipinski definition) is 1. The number of rotatable bonds is 2. The van der Waals surface area contributed by atoms with Gasteiger partial charge in [-0.25, -0.2) is 4.79 Å². The van der Waals surface area contributed by atoms with Gasteiger partial charge in [0.15, 0.2) is 0 Å². The molecule has 1 amide bonds. The number of nitrogens with two attached hydrogens (primary N) is 1. The van der Waals surface area contributed by atoms with Gasteiger partial charge in [0.2, 0.25) is 0 Å². The van der Waals surface area contributed by atoms with Crippen molar-refractivity contribution in [3.8, 4) is 0 Å². The van der Waals surface area contributed by atoms with E-state index in [1.807, 2.05) is 0 Å². The summed E-state index contributed by atoms with van der Waals surface area (Å²) >= 11 is 0. The maximum Gasteiger partial charge on any atom is 0.416 e. The molecule has 2 rings (SSSR count). The van der Waals surface area contributed by atoms with Crippen molar-refractivity contribution < 1.29 is 22.7 Å². The molecule has 0 aromatic heterocycles. The van der Waals surface area contributed by atoms with Gasteiger partial charge in [-0.2, -0.15) is 13.2 Å². The third-order valence-electron chi connectivity index (χ3n) is 2.62. The smallest absolute Gasteiger partial charge is 0.416 e. The van der Waals surface area contributed by atoms with Crippen molar-refractivity contribution >= 4 is 11.8 Å². The summed E-state index contributed by atoms with van der Waals surface area (Å²) in [5.74, 6) is 0. The van der Waals surface area contributed by atoms with Crippen LogP contribution in [-0.4, -0.2) is 25.3 Å². The van der Waals surface area contributed by atoms with E-state index >= 15 is 0 Å². The van der Waals surface area contributed by atoms with Gasteiger partial charge in [-0.3, -0.25) is 4.90 Å². The summed E-state index contributed by atoms with van der Waals surface area (Å²) in [5, 5.41) is 0. The average molecular weight is 260 g/mol. The molecule has 0 spiro atoms. The Balaban J connectivity index is 2.27. The van der Waals surface area contributed by atoms with Gasteiger partial charge >= 0.3 is 12.3 Å². The number of carbonyl (C=O) groups is 1. The van der Waals surface area contributed by atoms with Crippen LogP contribution in [0.25, 0.3) is 0 Å². The molecule has 0 saturated carbocycles. The number of anilines is 1. The van der Waals surface area contributed by atoms with Crippen LogP contribution in [0, 0.1) is 0 Å². The zero-order valence-corrected chi connectivity index (χ0v) is 9.28. The summed E-state index contributed by atoms with van der Waals surface area (Å²) in [6.45, 7) is 0.303. The highest BCUT2D eigenvalue weighted by molar-refractivity contribution is 5.89. The summed E-state index contributed by atoms with van der Waals surface area (Å²) in [7, 11) is 0. The number of benzene rings is 1. The first kappa shape index (κ1) is 12.7. The first-order chi connectivity index (χ1) is 8.41. The number of carbonyl (C=O) groups excluding carboxylic acids is 1. The molecule has 1 aromatic carbocycles. The van der Waals surface area contributed by atoms with E-state index in [1.54, 1.807) is 0 Å². The minimum atomic E-state index is -4.44. The Morgan fingerprint density at radius 1 is 1.44 bits per heavy atom. The van der Waals surface area contributed by atoms with Crippen LogP contribution in [0.5, 0.6) is 0 Å². The summed E-state index contributed by atoms with van der Waals surface area (Å²) in [6.07, 6.45) is -5.59. The summed E-state index contributed by atoms with van der Waals surface area (Å²) in [5.41, 5.74) is 4.71. The fourth-order valence-corrected chi connectivity index (χ4v) is 1.71. The van der Waals surface area contributed by atoms with Crippen molar-refractivity contribution in [1.29, 1.82) is 0 Å². The van der Waals surface area contributed by atoms with Crippen LogP contribution in [0.3, 0.4) is 0 Å². The van der Waals surface area contributed by atoms with E-state index in [4.69, 9.17) is 10.5 Å². The maximum absolute atomic E-state index is 12.5. The van der Waals surface area contributed by atoms with Crippen LogP contribution in [-0.2, 0) is 10.9 Å². The monoisotopic (exact) mass is 260 g/mol. The lowest BCUT2D eigenvalue weighted by molar-refractivity contribution is -0.137. The van der Waals surface area contributed by atoms with Crippen molar-refractivity contribution in [3.05, 3.63) is 29.8 Å². The maximum atomic E-state index is 12.5. The van der Waals surface area contributed by atoms with Gasteiger partial charge in [0.25, 0.3) is 0 Å². The van der Waals surface area contributed by atoms with E-state index in [2.05, 4.69) is 0 Å². The highest BCUT2D eigenvalue weighted by atomic mass is 19.4. The molecule has 1 aliphatic rings. The molecule has 1 aromatic rings. The number of amides is 1. The quantitative estimate of drug-likeness (QED) is 0.884. The topological polar surface area (TPSA) is 55.6 Å². The fourth-order valence-electron chi connectivity index (χ4n) is 1.71. The van der Waals surface area contributed by atoms with Crippen molar-refractivity contribution in [2.24, 2.45) is 5.73 Å². The standard InChI is InChI=1S/C11H11F3N2O2/c12-11(13,14)7-2-1-3-8(4-7)16-6-9(5-15)18-10(16)17/h1-4,9H,5-6,15H2/t9-/m0/s1. The largest absolute Gasteiger partial charge is 0.443 e. The molecule has 7 heteroatoms. The van der Waals surface area contributed by atoms with Crippen LogP contribution in [0.2, 0.25) is 0 Å². The molecule has 0 aliphatic carbocycles. The van der Waals surface area contributed by atoms with Gasteiger partial charge in [-0.15, -0.1) is 0 Å². The Hall–Kier alpha value is -1.76. The lowest BCUT2D eigenvalue weighted by atomic mass is 10.2. The second-order valence-corrected chi connectivity index (χ2v) is 3.90. The molecule has 98 valence electrons. The minimum absolute atomic E-state index is 0.140. The summed E-state index contributed by atoms with van der Waals surface area (Å²) in [4.78, 5) is 12.6. The van der Waals surface area contributed by atoms with E-state index in [0.717, 1.165) is 17.0 Å². The van der Waals surface area contributed by atoms with E-state index in [0.29, 0.717) is 0 Å². The normalized spacial score (nSPS) is 20.1. The Kier molecular flexibility index (Phi) is 3.16. The van der Waals surface area contributed by atoms with Gasteiger partial charge in [-0.05, 0) is 18.2 Å². The Morgan fingerprint density at radius 2 is 2.17 bits per heavy atom. The van der Waals surface area contributed by atoms with Gasteiger partial charge < -0.3 is 10.5 Å². The molecule has 1 atom stereocenters. The Bertz CT molecular complexity index is 462. The number of hydrogen-bond acceptors (Lipinski definition) is 3. The molecule has 1 aliphatic heterocycles. The number of alkyl halides is 3. The first-order valence-corrected chi connectivity index (χ1v) is 5.27. The lowest BCUT2D eigenvalue weighted by Crippen LogP contribution is -2.27. The number of cyclic esters (lactones) is 1. The zero-order chi connectivity index (χ0) is 13.3. The molecule has 0 unspecified atom stereocenters. The zero-order valence-electron chi connectivity index (χ0n) is 9.28. The van der Waals surface area contributed by atoms with Crippen molar-refractivity contribution in [2.75, 3.05) is 18.0 Å². The Morgan fingerprint density at radius 3 is 2.72 bits per heavy atom. The number of ether oxygens (including phenoxy) is 1. The summed E-state index contributed by atoms with van der Waals surface area (Å²) < 4.78 is 42.5. The van der Waals surface area contributed by atoms with Crippen LogP contribution in [0.1, 0.15) is 5.56 Å².